The van der Waals surface area contributed by atoms with Crippen LogP contribution < -0.4 is 24.8 Å². The van der Waals surface area contributed by atoms with Gasteiger partial charge in [0.25, 0.3) is 0 Å². The van der Waals surface area contributed by atoms with Crippen LogP contribution in [0.2, 0.25) is 0 Å². The maximum absolute atomic E-state index is 3.69. The Morgan fingerprint density at radius 3 is 1.52 bits per heavy atom. The molecule has 0 unspecified atom stereocenters. The Labute approximate surface area is 310 Å². The van der Waals surface area contributed by atoms with E-state index in [1.165, 1.54) is 77.9 Å². The quantitative estimate of drug-likeness (QED) is 0.211. The predicted octanol–water partition coefficient (Wildman–Crippen LogP) is 5.51. The van der Waals surface area contributed by atoms with Gasteiger partial charge in [-0.05, 0) is 71.6 Å². The molecule has 46 heavy (non-hydrogen) atoms. The van der Waals surface area contributed by atoms with Crippen molar-refractivity contribution in [2.45, 2.75) is 86.5 Å². The fraction of sp³-hybridized carbons (Fsp3) is 0.302. The van der Waals surface area contributed by atoms with E-state index in [-0.39, 0.29) is 61.8 Å². The number of hydrogen-bond acceptors (Lipinski definition) is 0. The second-order valence-corrected chi connectivity index (χ2v) is 14.5. The Morgan fingerprint density at radius 1 is 0.609 bits per heavy atom. The predicted molar refractivity (Wildman–Crippen MR) is 187 cm³/mol. The molecule has 0 fully saturated rings. The molecule has 3 heteroatoms. The molecule has 0 atom stereocenters. The van der Waals surface area contributed by atoms with Crippen LogP contribution in [0.25, 0.3) is 16.7 Å². The molecule has 0 amide bonds. The molecule has 4 aromatic carbocycles. The second-order valence-electron chi connectivity index (χ2n) is 14.5. The molecular weight excluding hydrogens is 679 g/mol. The van der Waals surface area contributed by atoms with E-state index in [9.17, 15) is 0 Å². The summed E-state index contributed by atoms with van der Waals surface area (Å²) in [6, 6.07) is 28.5. The van der Waals surface area contributed by atoms with Crippen LogP contribution >= 0.6 is 0 Å². The number of halogens is 2. The molecule has 237 valence electrons. The van der Waals surface area contributed by atoms with Gasteiger partial charge in [0.1, 0.15) is 0 Å². The number of aryl methyl sites for hydroxylation is 4. The van der Waals surface area contributed by atoms with Gasteiger partial charge in [0.15, 0.2) is 0 Å². The van der Waals surface area contributed by atoms with Crippen molar-refractivity contribution in [3.05, 3.63) is 158 Å². The minimum Gasteiger partial charge on any atom is -1.00 e. The molecule has 4 aromatic rings. The molecule has 0 saturated carbocycles. The summed E-state index contributed by atoms with van der Waals surface area (Å²) in [6.07, 6.45) is 9.57. The average Bonchev–Trinajstić information content (AvgIpc) is 3.57. The number of rotatable bonds is 2. The Bertz CT molecular complexity index is 1630. The van der Waals surface area contributed by atoms with Crippen LogP contribution in [0, 0.1) is 33.8 Å². The fourth-order valence-corrected chi connectivity index (χ4v) is 6.50. The Morgan fingerprint density at radius 2 is 1.07 bits per heavy atom. The third-order valence-corrected chi connectivity index (χ3v) is 8.71. The molecule has 0 saturated heterocycles. The summed E-state index contributed by atoms with van der Waals surface area (Å²) in [5, 5.41) is 0. The molecule has 2 aliphatic rings. The van der Waals surface area contributed by atoms with Crippen LogP contribution in [-0.2, 0) is 43.5 Å². The summed E-state index contributed by atoms with van der Waals surface area (Å²) in [7, 11) is 0. The Balaban J connectivity index is 0.000000303. The first kappa shape index (κ1) is 39.7. The molecule has 0 bridgehead atoms. The molecule has 0 heterocycles. The van der Waals surface area contributed by atoms with Gasteiger partial charge in [-0.1, -0.05) is 156 Å². The minimum atomic E-state index is 0. The van der Waals surface area contributed by atoms with Crippen molar-refractivity contribution in [1.82, 2.24) is 0 Å². The molecule has 0 N–H and O–H groups in total. The number of hydrogen-bond donors (Lipinski definition) is 0. The zero-order chi connectivity index (χ0) is 31.1. The first-order valence-electron chi connectivity index (χ1n) is 15.7. The third kappa shape index (κ3) is 8.72. The topological polar surface area (TPSA) is 0 Å². The smallest absolute Gasteiger partial charge is 1.00 e. The molecule has 0 aromatic heterocycles. The molecule has 6 rings (SSSR count). The van der Waals surface area contributed by atoms with E-state index in [4.69, 9.17) is 0 Å². The SMILES string of the molecule is Cc1[c-]c2c(cc1C(C)(C)C)-c1cc(C(C)(C)C)c(C)cc1C2.Cc1ccc(C(=C2C=CC=C2)c2ccc(C)cc2)cc1.[Cl-].[Cl-].[Zr+3]. The van der Waals surface area contributed by atoms with Gasteiger partial charge in [-0.15, -0.1) is 16.7 Å². The Kier molecular flexibility index (Phi) is 13.5. The van der Waals surface area contributed by atoms with E-state index in [0.717, 1.165) is 6.42 Å². The molecule has 0 spiro atoms. The van der Waals surface area contributed by atoms with Crippen LogP contribution in [0.3, 0.4) is 0 Å². The Hall–Kier alpha value is -2.44. The van der Waals surface area contributed by atoms with Gasteiger partial charge in [0.2, 0.25) is 0 Å². The van der Waals surface area contributed by atoms with Crippen molar-refractivity contribution in [2.75, 3.05) is 0 Å². The summed E-state index contributed by atoms with van der Waals surface area (Å²) in [6.45, 7) is 22.5. The minimum absolute atomic E-state index is 0. The van der Waals surface area contributed by atoms with E-state index >= 15 is 0 Å². The van der Waals surface area contributed by atoms with Crippen molar-refractivity contribution in [1.29, 1.82) is 0 Å². The van der Waals surface area contributed by atoms with Gasteiger partial charge in [0, 0.05) is 0 Å². The summed E-state index contributed by atoms with van der Waals surface area (Å²) in [4.78, 5) is 0. The van der Waals surface area contributed by atoms with Gasteiger partial charge in [-0.3, -0.25) is 0 Å². The van der Waals surface area contributed by atoms with Crippen LogP contribution in [-0.4, -0.2) is 0 Å². The van der Waals surface area contributed by atoms with Crippen molar-refractivity contribution in [3.63, 3.8) is 0 Å². The van der Waals surface area contributed by atoms with Gasteiger partial charge in [-0.25, -0.2) is 0 Å². The molecule has 0 nitrogen and oxygen atoms in total. The molecule has 1 radical (unpaired) electrons. The van der Waals surface area contributed by atoms with Crippen LogP contribution in [0.5, 0.6) is 0 Å². The van der Waals surface area contributed by atoms with E-state index in [0.29, 0.717) is 0 Å². The van der Waals surface area contributed by atoms with Gasteiger partial charge < -0.3 is 24.8 Å². The first-order chi connectivity index (χ1) is 20.2. The number of allylic oxidation sites excluding steroid dienone is 5. The second kappa shape index (κ2) is 15.6. The monoisotopic (exact) mass is 723 g/mol. The number of fused-ring (bicyclic) bond motifs is 3. The first-order valence-corrected chi connectivity index (χ1v) is 15.7. The molecule has 0 aliphatic heterocycles. The summed E-state index contributed by atoms with van der Waals surface area (Å²) in [5.41, 5.74) is 19.3. The largest absolute Gasteiger partial charge is 3.00 e. The van der Waals surface area contributed by atoms with Crippen molar-refractivity contribution in [3.8, 4) is 11.1 Å². The van der Waals surface area contributed by atoms with Crippen LogP contribution in [0.15, 0.2) is 96.6 Å². The van der Waals surface area contributed by atoms with E-state index in [1.807, 2.05) is 0 Å². The fourth-order valence-electron chi connectivity index (χ4n) is 6.50. The summed E-state index contributed by atoms with van der Waals surface area (Å²) in [5.74, 6) is 0. The average molecular weight is 726 g/mol. The van der Waals surface area contributed by atoms with E-state index in [2.05, 4.69) is 166 Å². The summed E-state index contributed by atoms with van der Waals surface area (Å²) >= 11 is 0. The molecule has 2 aliphatic carbocycles. The van der Waals surface area contributed by atoms with Crippen LogP contribution in [0.1, 0.15) is 97.2 Å². The van der Waals surface area contributed by atoms with Gasteiger partial charge in [-0.2, -0.15) is 17.7 Å². The standard InChI is InChI=1S/C23H29.C20H18.2ClH.Zr/c1-14-9-16-11-17-10-15(2)21(23(6,7)8)13-19(17)18(16)12-20(14)22(3,4)5;1-15-7-11-18(12-8-15)20(17-5-3-4-6-17)19-13-9-16(2)10-14-19;;;/h9,12-13H,11H2,1-8H3;3-14H,1-2H3;2*1H;/q-1;;;;+3/p-2. The maximum atomic E-state index is 3.69. The van der Waals surface area contributed by atoms with Gasteiger partial charge in [0.05, 0.1) is 0 Å². The van der Waals surface area contributed by atoms with Crippen molar-refractivity contribution in [2.24, 2.45) is 0 Å². The zero-order valence-corrected chi connectivity index (χ0v) is 33.1. The van der Waals surface area contributed by atoms with Gasteiger partial charge >= 0.3 is 26.2 Å². The van der Waals surface area contributed by atoms with Crippen molar-refractivity contribution >= 4 is 5.57 Å². The van der Waals surface area contributed by atoms with E-state index < -0.39 is 0 Å². The maximum Gasteiger partial charge on any atom is 3.00 e. The normalized spacial score (nSPS) is 12.6. The van der Waals surface area contributed by atoms with E-state index in [1.54, 1.807) is 0 Å². The van der Waals surface area contributed by atoms with Crippen molar-refractivity contribution < 1.29 is 51.0 Å². The zero-order valence-electron chi connectivity index (χ0n) is 29.1. The molecular formula is C43H47Cl2Zr. The number of benzene rings is 4. The van der Waals surface area contributed by atoms with Crippen LogP contribution in [0.4, 0.5) is 0 Å². The third-order valence-electron chi connectivity index (χ3n) is 8.71. The summed E-state index contributed by atoms with van der Waals surface area (Å²) < 4.78 is 0.